The van der Waals surface area contributed by atoms with Crippen molar-refractivity contribution >= 4 is 39.1 Å². The minimum atomic E-state index is -3.81. The van der Waals surface area contributed by atoms with E-state index in [2.05, 4.69) is 5.32 Å². The summed E-state index contributed by atoms with van der Waals surface area (Å²) in [5.74, 6) is -0.827. The summed E-state index contributed by atoms with van der Waals surface area (Å²) in [6.07, 6.45) is 1.02. The van der Waals surface area contributed by atoms with Crippen LogP contribution in [0.4, 0.5) is 5.69 Å². The van der Waals surface area contributed by atoms with Gasteiger partial charge >= 0.3 is 0 Å². The number of amides is 2. The highest BCUT2D eigenvalue weighted by molar-refractivity contribution is 7.92. The van der Waals surface area contributed by atoms with E-state index in [-0.39, 0.29) is 29.2 Å². The Morgan fingerprint density at radius 1 is 1.03 bits per heavy atom. The second-order valence-electron chi connectivity index (χ2n) is 8.07. The van der Waals surface area contributed by atoms with Crippen LogP contribution >= 0.6 is 11.6 Å². The maximum absolute atomic E-state index is 13.4. The van der Waals surface area contributed by atoms with Gasteiger partial charge in [0.15, 0.2) is 0 Å². The number of carbonyl (C=O) groups is 2. The average molecular weight is 480 g/mol. The monoisotopic (exact) mass is 479 g/mol. The maximum atomic E-state index is 13.4. The van der Waals surface area contributed by atoms with E-state index >= 15 is 0 Å². The van der Waals surface area contributed by atoms with Crippen molar-refractivity contribution in [1.29, 1.82) is 0 Å². The highest BCUT2D eigenvalue weighted by atomic mass is 35.5. The van der Waals surface area contributed by atoms with Crippen molar-refractivity contribution in [3.63, 3.8) is 0 Å². The number of aryl methyl sites for hydroxylation is 1. The molecule has 0 radical (unpaired) electrons. The summed E-state index contributed by atoms with van der Waals surface area (Å²) in [5.41, 5.74) is 2.11. The molecule has 0 aliphatic heterocycles. The molecule has 0 spiro atoms. The van der Waals surface area contributed by atoms with E-state index in [1.807, 2.05) is 45.0 Å². The zero-order valence-corrected chi connectivity index (χ0v) is 20.6. The smallest absolute Gasteiger partial charge is 0.244 e. The molecule has 7 nitrogen and oxygen atoms in total. The average Bonchev–Trinajstić information content (AvgIpc) is 2.70. The topological polar surface area (TPSA) is 86.8 Å². The number of nitrogens with one attached hydrogen (secondary N) is 1. The molecule has 0 fully saturated rings. The Bertz CT molecular complexity index is 1060. The van der Waals surface area contributed by atoms with Crippen molar-refractivity contribution < 1.29 is 18.0 Å². The molecule has 9 heteroatoms. The lowest BCUT2D eigenvalue weighted by Gasteiger charge is -2.32. The first kappa shape index (κ1) is 25.7. The maximum Gasteiger partial charge on any atom is 0.244 e. The SMILES string of the molecule is Cc1ccc(CN(C(=O)CN(c2ccccc2Cl)S(C)(=O)=O)[C@H](C)C(=O)NC(C)C)cc1. The van der Waals surface area contributed by atoms with Crippen LogP contribution in [0.3, 0.4) is 0 Å². The number of sulfonamides is 1. The molecule has 2 amide bonds. The molecule has 2 rings (SSSR count). The van der Waals surface area contributed by atoms with Crippen LogP contribution in [-0.2, 0) is 26.2 Å². The highest BCUT2D eigenvalue weighted by Gasteiger charge is 2.30. The van der Waals surface area contributed by atoms with Crippen molar-refractivity contribution in [3.8, 4) is 0 Å². The summed E-state index contributed by atoms with van der Waals surface area (Å²) in [4.78, 5) is 27.5. The summed E-state index contributed by atoms with van der Waals surface area (Å²) in [6, 6.07) is 13.1. The summed E-state index contributed by atoms with van der Waals surface area (Å²) in [7, 11) is -3.81. The first-order valence-corrected chi connectivity index (χ1v) is 12.5. The molecule has 0 heterocycles. The predicted octanol–water partition coefficient (Wildman–Crippen LogP) is 3.36. The Hall–Kier alpha value is -2.58. The number of hydrogen-bond donors (Lipinski definition) is 1. The molecule has 2 aromatic carbocycles. The van der Waals surface area contributed by atoms with E-state index in [0.717, 1.165) is 21.7 Å². The third-order valence-corrected chi connectivity index (χ3v) is 6.32. The van der Waals surface area contributed by atoms with Crippen molar-refractivity contribution in [2.75, 3.05) is 17.1 Å². The number of rotatable bonds is 9. The summed E-state index contributed by atoms with van der Waals surface area (Å²) in [5, 5.41) is 3.02. The second-order valence-corrected chi connectivity index (χ2v) is 10.4. The van der Waals surface area contributed by atoms with Gasteiger partial charge in [0.05, 0.1) is 17.0 Å². The molecule has 0 aliphatic rings. The molecule has 0 unspecified atom stereocenters. The number of carbonyl (C=O) groups excluding carboxylic acids is 2. The number of benzene rings is 2. The van der Waals surface area contributed by atoms with Gasteiger partial charge in [-0.05, 0) is 45.4 Å². The normalized spacial score (nSPS) is 12.3. The summed E-state index contributed by atoms with van der Waals surface area (Å²) in [6.45, 7) is 6.93. The van der Waals surface area contributed by atoms with E-state index in [4.69, 9.17) is 11.6 Å². The van der Waals surface area contributed by atoms with Gasteiger partial charge in [0.25, 0.3) is 0 Å². The number of nitrogens with zero attached hydrogens (tertiary/aromatic N) is 2. The minimum absolute atomic E-state index is 0.100. The zero-order valence-electron chi connectivity index (χ0n) is 19.0. The van der Waals surface area contributed by atoms with Gasteiger partial charge in [-0.15, -0.1) is 0 Å². The van der Waals surface area contributed by atoms with E-state index in [0.29, 0.717) is 0 Å². The first-order valence-electron chi connectivity index (χ1n) is 10.3. The van der Waals surface area contributed by atoms with Crippen molar-refractivity contribution in [2.45, 2.75) is 46.3 Å². The van der Waals surface area contributed by atoms with E-state index in [1.54, 1.807) is 25.1 Å². The lowest BCUT2D eigenvalue weighted by Crippen LogP contribution is -2.52. The van der Waals surface area contributed by atoms with Crippen molar-refractivity contribution in [3.05, 3.63) is 64.7 Å². The third kappa shape index (κ3) is 6.97. The van der Waals surface area contributed by atoms with Gasteiger partial charge in [0.2, 0.25) is 21.8 Å². The molecule has 174 valence electrons. The molecule has 1 N–H and O–H groups in total. The minimum Gasteiger partial charge on any atom is -0.352 e. The van der Waals surface area contributed by atoms with Crippen LogP contribution < -0.4 is 9.62 Å². The van der Waals surface area contributed by atoms with Gasteiger partial charge in [0, 0.05) is 12.6 Å². The van der Waals surface area contributed by atoms with Crippen LogP contribution in [0, 0.1) is 6.92 Å². The largest absolute Gasteiger partial charge is 0.352 e. The van der Waals surface area contributed by atoms with E-state index < -0.39 is 28.5 Å². The molecule has 32 heavy (non-hydrogen) atoms. The number of hydrogen-bond acceptors (Lipinski definition) is 4. The van der Waals surface area contributed by atoms with Crippen molar-refractivity contribution in [2.24, 2.45) is 0 Å². The fourth-order valence-electron chi connectivity index (χ4n) is 3.13. The van der Waals surface area contributed by atoms with Crippen LogP contribution in [0.5, 0.6) is 0 Å². The van der Waals surface area contributed by atoms with Gasteiger partial charge in [-0.25, -0.2) is 8.42 Å². The lowest BCUT2D eigenvalue weighted by atomic mass is 10.1. The highest BCUT2D eigenvalue weighted by Crippen LogP contribution is 2.27. The van der Waals surface area contributed by atoms with Crippen LogP contribution in [0.2, 0.25) is 5.02 Å². The fraction of sp³-hybridized carbons (Fsp3) is 0.391. The summed E-state index contributed by atoms with van der Waals surface area (Å²) < 4.78 is 26.0. The summed E-state index contributed by atoms with van der Waals surface area (Å²) >= 11 is 6.21. The molecule has 0 aliphatic carbocycles. The molecule has 0 aromatic heterocycles. The standard InChI is InChI=1S/C23H30ClN3O4S/c1-16(2)25-23(29)18(4)26(14-19-12-10-17(3)11-13-19)22(28)15-27(32(5,30)31)21-9-7-6-8-20(21)24/h6-13,16,18H,14-15H2,1-5H3,(H,25,29)/t18-/m1/s1. The van der Waals surface area contributed by atoms with Crippen LogP contribution in [0.15, 0.2) is 48.5 Å². The molecule has 2 aromatic rings. The molecule has 0 saturated carbocycles. The zero-order chi connectivity index (χ0) is 24.1. The molecule has 0 saturated heterocycles. The molecular formula is C23H30ClN3O4S. The van der Waals surface area contributed by atoms with Gasteiger partial charge in [0.1, 0.15) is 12.6 Å². The van der Waals surface area contributed by atoms with Crippen LogP contribution in [0.25, 0.3) is 0 Å². The lowest BCUT2D eigenvalue weighted by molar-refractivity contribution is -0.139. The van der Waals surface area contributed by atoms with Gasteiger partial charge in [-0.1, -0.05) is 53.6 Å². The third-order valence-electron chi connectivity index (χ3n) is 4.87. The van der Waals surface area contributed by atoms with Crippen LogP contribution in [-0.4, -0.2) is 50.0 Å². The first-order chi connectivity index (χ1) is 14.9. The second kappa shape index (κ2) is 10.8. The van der Waals surface area contributed by atoms with Gasteiger partial charge in [-0.2, -0.15) is 0 Å². The van der Waals surface area contributed by atoms with E-state index in [9.17, 15) is 18.0 Å². The van der Waals surface area contributed by atoms with Gasteiger partial charge < -0.3 is 10.2 Å². The number of para-hydroxylation sites is 1. The Balaban J connectivity index is 2.39. The van der Waals surface area contributed by atoms with Crippen molar-refractivity contribution in [1.82, 2.24) is 10.2 Å². The Morgan fingerprint density at radius 3 is 2.16 bits per heavy atom. The Kier molecular flexibility index (Phi) is 8.69. The Labute approximate surface area is 195 Å². The van der Waals surface area contributed by atoms with Gasteiger partial charge in [-0.3, -0.25) is 13.9 Å². The number of anilines is 1. The van der Waals surface area contributed by atoms with Crippen LogP contribution in [0.1, 0.15) is 31.9 Å². The van der Waals surface area contributed by atoms with E-state index in [1.165, 1.54) is 11.0 Å². The predicted molar refractivity (Wildman–Crippen MR) is 128 cm³/mol. The quantitative estimate of drug-likeness (QED) is 0.597. The molecule has 1 atom stereocenters. The Morgan fingerprint density at radius 2 is 1.62 bits per heavy atom. The molecule has 0 bridgehead atoms. The fourth-order valence-corrected chi connectivity index (χ4v) is 4.28. The number of halogens is 1. The molecular weight excluding hydrogens is 450 g/mol.